The summed E-state index contributed by atoms with van der Waals surface area (Å²) in [5.41, 5.74) is -2.30. The highest BCUT2D eigenvalue weighted by atomic mass is 19.2. The lowest BCUT2D eigenvalue weighted by atomic mass is 9.69. The van der Waals surface area contributed by atoms with Gasteiger partial charge in [-0.05, 0) is 88.1 Å². The normalized spacial score (nSPS) is 21.5. The van der Waals surface area contributed by atoms with Crippen LogP contribution in [0.5, 0.6) is 11.5 Å². The fourth-order valence-corrected chi connectivity index (χ4v) is 8.07. The average molecular weight is 625 g/mol. The van der Waals surface area contributed by atoms with E-state index in [4.69, 9.17) is 11.3 Å². The van der Waals surface area contributed by atoms with Crippen LogP contribution in [0, 0.1) is 46.2 Å². The quantitative estimate of drug-likeness (QED) is 0.184. The van der Waals surface area contributed by atoms with Crippen molar-refractivity contribution in [3.63, 3.8) is 0 Å². The largest absolute Gasteiger partial charge is 0.478 e. The molecule has 3 unspecified atom stereocenters. The SMILES string of the molecule is [C-]#[N+]C(C)(C#N)c1c(F)c(F)c(C(=O)O)c(C2=c3cc4c(cc3Oc3cc5c(cc32)C(C)CC(C)(C)C5)=CC(C)(C)CC4C)c1F. The molecule has 1 heterocycles. The summed E-state index contributed by atoms with van der Waals surface area (Å²) >= 11 is 0. The van der Waals surface area contributed by atoms with Crippen LogP contribution in [0.25, 0.3) is 16.5 Å². The van der Waals surface area contributed by atoms with Crippen LogP contribution >= 0.6 is 0 Å². The van der Waals surface area contributed by atoms with Gasteiger partial charge in [-0.25, -0.2) is 24.5 Å². The molecule has 0 aromatic heterocycles. The van der Waals surface area contributed by atoms with Gasteiger partial charge in [-0.1, -0.05) is 47.6 Å². The van der Waals surface area contributed by atoms with Gasteiger partial charge in [-0.2, -0.15) is 5.26 Å². The van der Waals surface area contributed by atoms with Crippen molar-refractivity contribution >= 4 is 17.6 Å². The van der Waals surface area contributed by atoms with Crippen molar-refractivity contribution in [3.8, 4) is 17.6 Å². The van der Waals surface area contributed by atoms with E-state index < -0.39 is 45.7 Å². The van der Waals surface area contributed by atoms with Crippen molar-refractivity contribution < 1.29 is 27.8 Å². The predicted octanol–water partition coefficient (Wildman–Crippen LogP) is 8.20. The Morgan fingerprint density at radius 2 is 1.70 bits per heavy atom. The molecule has 3 aromatic carbocycles. The maximum atomic E-state index is 17.0. The topological polar surface area (TPSA) is 74.7 Å². The van der Waals surface area contributed by atoms with Crippen molar-refractivity contribution in [2.24, 2.45) is 10.8 Å². The molecule has 3 atom stereocenters. The number of hydrogen-bond acceptors (Lipinski definition) is 3. The molecule has 3 aromatic rings. The summed E-state index contributed by atoms with van der Waals surface area (Å²) in [6, 6.07) is 9.00. The molecule has 0 fully saturated rings. The summed E-state index contributed by atoms with van der Waals surface area (Å²) in [6.45, 7) is 21.4. The summed E-state index contributed by atoms with van der Waals surface area (Å²) in [4.78, 5) is 15.8. The zero-order chi connectivity index (χ0) is 33.7. The zero-order valence-corrected chi connectivity index (χ0v) is 27.0. The number of hydrogen-bond donors (Lipinski definition) is 1. The average Bonchev–Trinajstić information content (AvgIpc) is 2.95. The van der Waals surface area contributed by atoms with Gasteiger partial charge < -0.3 is 9.84 Å². The standard InChI is InChI=1S/C38H35F3N2O3/c1-18-13-36(3,4)15-20-9-26-24(11-22(18)20)28(25-12-23-19(2)14-37(5,6)16-21(23)10-27(25)46-26)29-30(35(44)45)33(40)34(41)31(32(29)39)38(7,17-42)43-8/h9-12,15,18-19H,13-14,16H2,1-7H3,(H,44,45). The van der Waals surface area contributed by atoms with Gasteiger partial charge in [0.1, 0.15) is 28.4 Å². The summed E-state index contributed by atoms with van der Waals surface area (Å²) in [7, 11) is 0. The molecule has 0 amide bonds. The number of carboxylic acids is 1. The molecular weight excluding hydrogens is 589 g/mol. The highest BCUT2D eigenvalue weighted by Crippen LogP contribution is 2.48. The molecule has 0 spiro atoms. The van der Waals surface area contributed by atoms with Gasteiger partial charge in [0.25, 0.3) is 0 Å². The number of benzene rings is 3. The molecule has 1 N–H and O–H groups in total. The Morgan fingerprint density at radius 3 is 2.33 bits per heavy atom. The number of nitrogens with zero attached hydrogens (tertiary/aromatic N) is 2. The van der Waals surface area contributed by atoms with Crippen molar-refractivity contribution in [3.05, 3.63) is 103 Å². The molecule has 0 radical (unpaired) electrons. The second kappa shape index (κ2) is 10.2. The first-order valence-corrected chi connectivity index (χ1v) is 15.4. The van der Waals surface area contributed by atoms with Gasteiger partial charge in [0.05, 0.1) is 0 Å². The number of rotatable bonds is 3. The number of nitriles is 1. The number of ether oxygens (including phenoxy) is 1. The summed E-state index contributed by atoms with van der Waals surface area (Å²) in [6.07, 6.45) is 4.59. The van der Waals surface area contributed by atoms with Crippen LogP contribution in [-0.2, 0) is 12.0 Å². The summed E-state index contributed by atoms with van der Waals surface area (Å²) in [5, 5.41) is 21.3. The zero-order valence-electron chi connectivity index (χ0n) is 27.0. The van der Waals surface area contributed by atoms with Gasteiger partial charge in [0.2, 0.25) is 0 Å². The molecule has 0 bridgehead atoms. The first kappa shape index (κ1) is 31.4. The maximum Gasteiger partial charge on any atom is 0.343 e. The predicted molar refractivity (Wildman–Crippen MR) is 168 cm³/mol. The minimum absolute atomic E-state index is 0.00854. The minimum atomic E-state index is -2.46. The minimum Gasteiger partial charge on any atom is -0.478 e. The van der Waals surface area contributed by atoms with E-state index in [1.807, 2.05) is 24.3 Å². The number of carboxylic acid groups (broad SMARTS) is 1. The first-order chi connectivity index (χ1) is 21.4. The summed E-state index contributed by atoms with van der Waals surface area (Å²) in [5.74, 6) is -6.22. The maximum absolute atomic E-state index is 17.0. The van der Waals surface area contributed by atoms with E-state index in [0.29, 0.717) is 22.3 Å². The Bertz CT molecular complexity index is 2090. The number of fused-ring (bicyclic) bond motifs is 4. The Balaban J connectivity index is 1.84. The van der Waals surface area contributed by atoms with Gasteiger partial charge in [0.15, 0.2) is 17.7 Å². The Morgan fingerprint density at radius 1 is 1.02 bits per heavy atom. The van der Waals surface area contributed by atoms with Crippen LogP contribution in [0.2, 0.25) is 0 Å². The van der Waals surface area contributed by atoms with Crippen LogP contribution in [-0.4, -0.2) is 11.1 Å². The van der Waals surface area contributed by atoms with Crippen LogP contribution in [0.3, 0.4) is 0 Å². The lowest BCUT2D eigenvalue weighted by molar-refractivity contribution is 0.0689. The molecule has 8 heteroatoms. The summed E-state index contributed by atoms with van der Waals surface area (Å²) < 4.78 is 55.0. The third-order valence-corrected chi connectivity index (χ3v) is 9.87. The van der Waals surface area contributed by atoms with Crippen molar-refractivity contribution in [2.45, 2.75) is 85.1 Å². The highest BCUT2D eigenvalue weighted by Gasteiger charge is 2.45. The fourth-order valence-electron chi connectivity index (χ4n) is 8.07. The van der Waals surface area contributed by atoms with Crippen LogP contribution < -0.4 is 15.2 Å². The Kier molecular flexibility index (Phi) is 6.98. The first-order valence-electron chi connectivity index (χ1n) is 15.4. The van der Waals surface area contributed by atoms with E-state index in [2.05, 4.69) is 52.5 Å². The molecule has 46 heavy (non-hydrogen) atoms. The van der Waals surface area contributed by atoms with E-state index in [1.54, 1.807) is 6.07 Å². The number of carbonyl (C=O) groups is 1. The van der Waals surface area contributed by atoms with E-state index in [9.17, 15) is 15.2 Å². The fraction of sp³-hybridized carbons (Fsp3) is 0.395. The van der Waals surface area contributed by atoms with Gasteiger partial charge in [-0.15, -0.1) is 0 Å². The van der Waals surface area contributed by atoms with E-state index in [-0.39, 0.29) is 28.2 Å². The number of halogens is 3. The molecule has 0 saturated carbocycles. The molecular formula is C38H35F3N2O3. The second-order valence-electron chi connectivity index (χ2n) is 14.9. The lowest BCUT2D eigenvalue weighted by Crippen LogP contribution is -2.31. The molecule has 2 aliphatic carbocycles. The highest BCUT2D eigenvalue weighted by molar-refractivity contribution is 5.99. The van der Waals surface area contributed by atoms with Crippen molar-refractivity contribution in [2.75, 3.05) is 0 Å². The molecule has 0 saturated heterocycles. The van der Waals surface area contributed by atoms with Crippen LogP contribution in [0.4, 0.5) is 13.2 Å². The van der Waals surface area contributed by atoms with Gasteiger partial charge in [-0.3, -0.25) is 4.85 Å². The second-order valence-corrected chi connectivity index (χ2v) is 14.9. The molecule has 3 aliphatic rings. The van der Waals surface area contributed by atoms with Gasteiger partial charge >= 0.3 is 11.5 Å². The van der Waals surface area contributed by atoms with Crippen LogP contribution in [0.1, 0.15) is 117 Å². The third kappa shape index (κ3) is 4.69. The lowest BCUT2D eigenvalue weighted by Gasteiger charge is -2.37. The van der Waals surface area contributed by atoms with E-state index in [0.717, 1.165) is 48.1 Å². The monoisotopic (exact) mass is 624 g/mol. The number of aromatic carboxylic acids is 1. The molecule has 6 rings (SSSR count). The van der Waals surface area contributed by atoms with Gasteiger partial charge in [0, 0.05) is 28.8 Å². The van der Waals surface area contributed by atoms with Crippen molar-refractivity contribution in [1.29, 1.82) is 5.26 Å². The molecule has 5 nitrogen and oxygen atoms in total. The van der Waals surface area contributed by atoms with Crippen LogP contribution in [0.15, 0.2) is 24.3 Å². The smallest absolute Gasteiger partial charge is 0.343 e. The van der Waals surface area contributed by atoms with E-state index in [1.165, 1.54) is 0 Å². The third-order valence-electron chi connectivity index (χ3n) is 9.87. The Hall–Kier alpha value is -4.56. The van der Waals surface area contributed by atoms with Crippen molar-refractivity contribution in [1.82, 2.24) is 0 Å². The molecule has 1 aliphatic heterocycles. The van der Waals surface area contributed by atoms with E-state index >= 15 is 13.2 Å². The Labute approximate surface area is 266 Å². The molecule has 236 valence electrons.